The molecule has 2 amide bonds. The minimum Gasteiger partial charge on any atom is -0.493 e. The van der Waals surface area contributed by atoms with Crippen molar-refractivity contribution in [2.24, 2.45) is 0 Å². The first kappa shape index (κ1) is 22.6. The summed E-state index contributed by atoms with van der Waals surface area (Å²) in [5, 5.41) is 2.83. The van der Waals surface area contributed by atoms with Gasteiger partial charge >= 0.3 is 6.03 Å². The van der Waals surface area contributed by atoms with Crippen LogP contribution < -0.4 is 19.5 Å². The molecule has 0 atom stereocenters. The van der Waals surface area contributed by atoms with E-state index in [9.17, 15) is 13.2 Å². The van der Waals surface area contributed by atoms with Gasteiger partial charge in [0.05, 0.1) is 26.2 Å². The van der Waals surface area contributed by atoms with E-state index in [1.807, 2.05) is 6.07 Å². The number of hydrogen-bond acceptors (Lipinski definition) is 7. The van der Waals surface area contributed by atoms with Gasteiger partial charge in [-0.05, 0) is 17.7 Å². The molecule has 1 N–H and O–H groups in total. The Balaban J connectivity index is 1.57. The summed E-state index contributed by atoms with van der Waals surface area (Å²) >= 11 is 0. The van der Waals surface area contributed by atoms with E-state index in [4.69, 9.17) is 14.2 Å². The Bertz CT molecular complexity index is 1000. The molecule has 2 aromatic rings. The van der Waals surface area contributed by atoms with Crippen LogP contribution >= 0.6 is 0 Å². The number of nitrogens with zero attached hydrogens (tertiary/aromatic N) is 3. The summed E-state index contributed by atoms with van der Waals surface area (Å²) in [7, 11) is 0.765. The molecule has 0 radical (unpaired) electrons. The van der Waals surface area contributed by atoms with E-state index in [1.165, 1.54) is 37.8 Å². The van der Waals surface area contributed by atoms with E-state index >= 15 is 0 Å². The molecule has 1 fully saturated rings. The fraction of sp³-hybridized carbons (Fsp3) is 0.400. The molecule has 11 heteroatoms. The molecule has 168 valence electrons. The second-order valence-corrected chi connectivity index (χ2v) is 8.71. The van der Waals surface area contributed by atoms with Crippen LogP contribution in [0.2, 0.25) is 0 Å². The van der Waals surface area contributed by atoms with Crippen LogP contribution in [-0.2, 0) is 16.6 Å². The maximum absolute atomic E-state index is 13.0. The topological polar surface area (TPSA) is 110 Å². The number of pyridine rings is 1. The van der Waals surface area contributed by atoms with Gasteiger partial charge in [-0.1, -0.05) is 6.07 Å². The maximum atomic E-state index is 13.0. The van der Waals surface area contributed by atoms with Crippen molar-refractivity contribution >= 4 is 16.1 Å². The zero-order valence-electron chi connectivity index (χ0n) is 17.7. The van der Waals surface area contributed by atoms with Crippen molar-refractivity contribution in [1.82, 2.24) is 19.5 Å². The number of amides is 2. The summed E-state index contributed by atoms with van der Waals surface area (Å²) in [5.74, 6) is 1.30. The van der Waals surface area contributed by atoms with Gasteiger partial charge < -0.3 is 24.4 Å². The average molecular weight is 451 g/mol. The minimum absolute atomic E-state index is 0.120. The van der Waals surface area contributed by atoms with Gasteiger partial charge in [0.25, 0.3) is 0 Å². The van der Waals surface area contributed by atoms with Crippen LogP contribution in [0.15, 0.2) is 41.4 Å². The molecule has 10 nitrogen and oxygen atoms in total. The summed E-state index contributed by atoms with van der Waals surface area (Å²) in [6.45, 7) is 1.31. The Morgan fingerprint density at radius 1 is 1.00 bits per heavy atom. The molecule has 0 spiro atoms. The highest BCUT2D eigenvalue weighted by Crippen LogP contribution is 2.30. The molecule has 0 unspecified atom stereocenters. The number of ether oxygens (including phenoxy) is 3. The number of rotatable bonds is 7. The van der Waals surface area contributed by atoms with E-state index in [1.54, 1.807) is 23.2 Å². The second-order valence-electron chi connectivity index (χ2n) is 6.78. The Hall–Kier alpha value is -3.05. The molecule has 3 rings (SSSR count). The number of sulfonamides is 1. The van der Waals surface area contributed by atoms with Crippen molar-refractivity contribution in [2.45, 2.75) is 11.4 Å². The number of methoxy groups -OCH3 is 3. The molecule has 1 aliphatic rings. The molecule has 1 aliphatic heterocycles. The summed E-state index contributed by atoms with van der Waals surface area (Å²) < 4.78 is 42.7. The lowest BCUT2D eigenvalue weighted by Crippen LogP contribution is -2.52. The molecule has 0 saturated carbocycles. The van der Waals surface area contributed by atoms with Gasteiger partial charge in [0.15, 0.2) is 11.5 Å². The first-order chi connectivity index (χ1) is 14.9. The molecule has 0 bridgehead atoms. The molecule has 2 heterocycles. The summed E-state index contributed by atoms with van der Waals surface area (Å²) in [6.07, 6.45) is 1.63. The van der Waals surface area contributed by atoms with Crippen molar-refractivity contribution in [3.8, 4) is 17.4 Å². The number of carbonyl (C=O) groups is 1. The third kappa shape index (κ3) is 5.17. The zero-order valence-corrected chi connectivity index (χ0v) is 18.5. The standard InChI is InChI=1S/C20H26N4O6S/c1-28-17-6-5-16(12-18(17)29-2)31(26,27)24-10-8-23(9-11-24)20(25)22-14-15-4-7-19(30-3)21-13-15/h4-7,12-13H,8-11,14H2,1-3H3,(H,22,25). The largest absolute Gasteiger partial charge is 0.493 e. The lowest BCUT2D eigenvalue weighted by Gasteiger charge is -2.34. The van der Waals surface area contributed by atoms with Crippen LogP contribution in [0.3, 0.4) is 0 Å². The quantitative estimate of drug-likeness (QED) is 0.677. The van der Waals surface area contributed by atoms with Gasteiger partial charge in [-0.25, -0.2) is 18.2 Å². The lowest BCUT2D eigenvalue weighted by atomic mass is 10.3. The van der Waals surface area contributed by atoms with Crippen LogP contribution in [0.4, 0.5) is 4.79 Å². The van der Waals surface area contributed by atoms with Gasteiger partial charge in [0.1, 0.15) is 0 Å². The minimum atomic E-state index is -3.71. The van der Waals surface area contributed by atoms with Gasteiger partial charge in [-0.15, -0.1) is 0 Å². The fourth-order valence-electron chi connectivity index (χ4n) is 3.18. The average Bonchev–Trinajstić information content (AvgIpc) is 2.82. The van der Waals surface area contributed by atoms with E-state index in [0.29, 0.717) is 37.0 Å². The van der Waals surface area contributed by atoms with Crippen molar-refractivity contribution in [3.63, 3.8) is 0 Å². The lowest BCUT2D eigenvalue weighted by molar-refractivity contribution is 0.172. The molecule has 0 aliphatic carbocycles. The van der Waals surface area contributed by atoms with Crippen LogP contribution in [0, 0.1) is 0 Å². The third-order valence-corrected chi connectivity index (χ3v) is 6.86. The SMILES string of the molecule is COc1ccc(CNC(=O)N2CCN(S(=O)(=O)c3ccc(OC)c(OC)c3)CC2)cn1. The van der Waals surface area contributed by atoms with E-state index < -0.39 is 10.0 Å². The van der Waals surface area contributed by atoms with Gasteiger partial charge in [0, 0.05) is 51.1 Å². The molecule has 1 aromatic heterocycles. The number of nitrogens with one attached hydrogen (secondary N) is 1. The highest BCUT2D eigenvalue weighted by molar-refractivity contribution is 7.89. The third-order valence-electron chi connectivity index (χ3n) is 4.97. The van der Waals surface area contributed by atoms with Crippen LogP contribution in [0.5, 0.6) is 17.4 Å². The molecule has 31 heavy (non-hydrogen) atoms. The predicted molar refractivity (Wildman–Crippen MR) is 113 cm³/mol. The Kier molecular flexibility index (Phi) is 7.18. The molecular formula is C20H26N4O6S. The van der Waals surface area contributed by atoms with Crippen molar-refractivity contribution in [3.05, 3.63) is 42.1 Å². The summed E-state index contributed by atoms with van der Waals surface area (Å²) in [6, 6.07) is 7.77. The Labute approximate surface area is 181 Å². The summed E-state index contributed by atoms with van der Waals surface area (Å²) in [5.41, 5.74) is 0.837. The highest BCUT2D eigenvalue weighted by Gasteiger charge is 2.30. The number of urea groups is 1. The molecule has 1 aromatic carbocycles. The van der Waals surface area contributed by atoms with Crippen LogP contribution in [-0.4, -0.2) is 76.1 Å². The highest BCUT2D eigenvalue weighted by atomic mass is 32.2. The number of benzene rings is 1. The number of piperazine rings is 1. The van der Waals surface area contributed by atoms with Gasteiger partial charge in [0.2, 0.25) is 15.9 Å². The number of aromatic nitrogens is 1. The number of carbonyl (C=O) groups excluding carboxylic acids is 1. The first-order valence-corrected chi connectivity index (χ1v) is 11.1. The smallest absolute Gasteiger partial charge is 0.317 e. The fourth-order valence-corrected chi connectivity index (χ4v) is 4.62. The van der Waals surface area contributed by atoms with Crippen molar-refractivity contribution in [1.29, 1.82) is 0 Å². The molecule has 1 saturated heterocycles. The Morgan fingerprint density at radius 3 is 2.29 bits per heavy atom. The maximum Gasteiger partial charge on any atom is 0.317 e. The van der Waals surface area contributed by atoms with E-state index in [0.717, 1.165) is 5.56 Å². The van der Waals surface area contributed by atoms with Crippen LogP contribution in [0.25, 0.3) is 0 Å². The van der Waals surface area contributed by atoms with Gasteiger partial charge in [-0.3, -0.25) is 0 Å². The normalized spacial score (nSPS) is 14.7. The number of hydrogen-bond donors (Lipinski definition) is 1. The Morgan fingerprint density at radius 2 is 1.71 bits per heavy atom. The summed E-state index contributed by atoms with van der Waals surface area (Å²) in [4.78, 5) is 18.3. The van der Waals surface area contributed by atoms with E-state index in [2.05, 4.69) is 10.3 Å². The monoisotopic (exact) mass is 450 g/mol. The van der Waals surface area contributed by atoms with E-state index in [-0.39, 0.29) is 24.0 Å². The first-order valence-electron chi connectivity index (χ1n) is 9.63. The van der Waals surface area contributed by atoms with Gasteiger partial charge in [-0.2, -0.15) is 4.31 Å². The van der Waals surface area contributed by atoms with Crippen molar-refractivity contribution < 1.29 is 27.4 Å². The molecular weight excluding hydrogens is 424 g/mol. The second kappa shape index (κ2) is 9.84. The van der Waals surface area contributed by atoms with Crippen molar-refractivity contribution in [2.75, 3.05) is 47.5 Å². The zero-order chi connectivity index (χ0) is 22.4. The predicted octanol–water partition coefficient (Wildman–Crippen LogP) is 1.32. The van der Waals surface area contributed by atoms with Crippen LogP contribution in [0.1, 0.15) is 5.56 Å².